The molecule has 1 aromatic carbocycles. The Bertz CT molecular complexity index is 937. The van der Waals surface area contributed by atoms with Gasteiger partial charge in [0.2, 0.25) is 0 Å². The van der Waals surface area contributed by atoms with Crippen LogP contribution in [-0.2, 0) is 11.2 Å². The largest absolute Gasteiger partial charge is 0.461 e. The predicted molar refractivity (Wildman–Crippen MR) is 87.3 cm³/mol. The monoisotopic (exact) mass is 344 g/mol. The number of aromatic nitrogens is 5. The quantitative estimate of drug-likeness (QED) is 0.722. The summed E-state index contributed by atoms with van der Waals surface area (Å²) in [6, 6.07) is 5.38. The van der Waals surface area contributed by atoms with E-state index >= 15 is 0 Å². The Balaban J connectivity index is 1.86. The van der Waals surface area contributed by atoms with Gasteiger partial charge in [-0.25, -0.2) is 19.5 Å². The summed E-state index contributed by atoms with van der Waals surface area (Å²) in [5.41, 5.74) is 2.65. The van der Waals surface area contributed by atoms with Crippen molar-refractivity contribution in [1.29, 1.82) is 0 Å². The highest BCUT2D eigenvalue weighted by molar-refractivity contribution is 6.30. The van der Waals surface area contributed by atoms with Crippen LogP contribution in [0.25, 0.3) is 5.69 Å². The Hall–Kier alpha value is -2.87. The van der Waals surface area contributed by atoms with Crippen LogP contribution in [0.3, 0.4) is 0 Å². The van der Waals surface area contributed by atoms with E-state index in [4.69, 9.17) is 16.3 Å². The molecule has 3 heterocycles. The summed E-state index contributed by atoms with van der Waals surface area (Å²) < 4.78 is 8.46. The van der Waals surface area contributed by atoms with Gasteiger partial charge < -0.3 is 4.74 Å². The molecule has 0 saturated heterocycles. The van der Waals surface area contributed by atoms with Gasteiger partial charge in [-0.2, -0.15) is 5.10 Å². The standard InChI is InChI=1S/C15H13ClN6O2/c1-2-24-15(23)14-12-6-13(21-8-17-7-18-21)19-10-4-3-9(16)5-11(10)22(12)20-14/h3-5,7-8,20H,2,6H2,1H3. The van der Waals surface area contributed by atoms with Crippen LogP contribution >= 0.6 is 11.6 Å². The number of rotatable bonds is 2. The fourth-order valence-electron chi connectivity index (χ4n) is 2.61. The van der Waals surface area contributed by atoms with Crippen LogP contribution in [0.5, 0.6) is 0 Å². The average Bonchev–Trinajstić information content (AvgIpc) is 3.03. The smallest absolute Gasteiger partial charge is 0.358 e. The van der Waals surface area contributed by atoms with E-state index in [1.54, 1.807) is 34.7 Å². The molecule has 0 spiro atoms. The maximum atomic E-state index is 12.1. The number of halogens is 1. The Kier molecular flexibility index (Phi) is 3.46. The van der Waals surface area contributed by atoms with E-state index in [-0.39, 0.29) is 0 Å². The molecule has 122 valence electrons. The van der Waals surface area contributed by atoms with Crippen molar-refractivity contribution in [1.82, 2.24) is 24.5 Å². The van der Waals surface area contributed by atoms with Gasteiger partial charge in [0.05, 0.1) is 30.1 Å². The highest BCUT2D eigenvalue weighted by Crippen LogP contribution is 2.32. The molecule has 0 saturated carbocycles. The lowest BCUT2D eigenvalue weighted by molar-refractivity contribution is 0.0509. The number of hydrogen-bond donors (Lipinski definition) is 1. The van der Waals surface area contributed by atoms with Crippen molar-refractivity contribution in [2.45, 2.75) is 13.3 Å². The Morgan fingerprint density at radius 2 is 2.33 bits per heavy atom. The first-order valence-electron chi connectivity index (χ1n) is 7.36. The lowest BCUT2D eigenvalue weighted by Gasteiger charge is -2.21. The zero-order valence-corrected chi connectivity index (χ0v) is 13.5. The fraction of sp³-hybridized carbons (Fsp3) is 0.200. The second kappa shape index (κ2) is 5.64. The van der Waals surface area contributed by atoms with E-state index in [9.17, 15) is 4.79 Å². The number of aromatic amines is 1. The molecular weight excluding hydrogens is 332 g/mol. The van der Waals surface area contributed by atoms with Gasteiger partial charge in [-0.3, -0.25) is 9.78 Å². The number of nitrogens with one attached hydrogen (secondary N) is 1. The first-order valence-corrected chi connectivity index (χ1v) is 7.74. The molecule has 0 atom stereocenters. The second-order valence-electron chi connectivity index (χ2n) is 5.17. The lowest BCUT2D eigenvalue weighted by atomic mass is 10.2. The van der Waals surface area contributed by atoms with Gasteiger partial charge in [-0.1, -0.05) is 11.6 Å². The molecular formula is C15H13ClN6O2. The average molecular weight is 345 g/mol. The van der Waals surface area contributed by atoms with Crippen molar-refractivity contribution in [2.75, 3.05) is 6.61 Å². The first-order chi connectivity index (χ1) is 11.7. The molecule has 24 heavy (non-hydrogen) atoms. The predicted octanol–water partition coefficient (Wildman–Crippen LogP) is 2.36. The summed E-state index contributed by atoms with van der Waals surface area (Å²) in [7, 11) is 0. The van der Waals surface area contributed by atoms with Gasteiger partial charge in [-0.15, -0.1) is 0 Å². The molecule has 3 aromatic rings. The normalized spacial score (nSPS) is 13.0. The van der Waals surface area contributed by atoms with Crippen molar-refractivity contribution in [2.24, 2.45) is 4.99 Å². The Morgan fingerprint density at radius 3 is 3.08 bits per heavy atom. The van der Waals surface area contributed by atoms with E-state index in [2.05, 4.69) is 20.2 Å². The third-order valence-corrected chi connectivity index (χ3v) is 3.93. The summed E-state index contributed by atoms with van der Waals surface area (Å²) in [5.74, 6) is 0.254. The van der Waals surface area contributed by atoms with Gasteiger partial charge in [0, 0.05) is 5.02 Å². The summed E-state index contributed by atoms with van der Waals surface area (Å²) >= 11 is 6.11. The second-order valence-corrected chi connectivity index (χ2v) is 5.60. The summed E-state index contributed by atoms with van der Waals surface area (Å²) in [6.45, 7) is 2.08. The van der Waals surface area contributed by atoms with E-state index in [1.807, 2.05) is 6.07 Å². The van der Waals surface area contributed by atoms with Crippen molar-refractivity contribution >= 4 is 29.1 Å². The van der Waals surface area contributed by atoms with E-state index in [0.29, 0.717) is 29.6 Å². The van der Waals surface area contributed by atoms with Crippen LogP contribution in [0.4, 0.5) is 5.69 Å². The molecule has 0 aliphatic carbocycles. The topological polar surface area (TPSA) is 90.1 Å². The molecule has 0 amide bonds. The minimum absolute atomic E-state index is 0.309. The third-order valence-electron chi connectivity index (χ3n) is 3.70. The third kappa shape index (κ3) is 2.31. The number of fused-ring (bicyclic) bond motifs is 3. The van der Waals surface area contributed by atoms with Crippen LogP contribution in [0.2, 0.25) is 5.02 Å². The van der Waals surface area contributed by atoms with Crippen molar-refractivity contribution in [3.05, 3.63) is 47.3 Å². The zero-order chi connectivity index (χ0) is 16.7. The van der Waals surface area contributed by atoms with Crippen LogP contribution in [0.1, 0.15) is 23.1 Å². The highest BCUT2D eigenvalue weighted by atomic mass is 35.5. The number of benzene rings is 1. The molecule has 0 unspecified atom stereocenters. The van der Waals surface area contributed by atoms with Crippen LogP contribution in [0, 0.1) is 0 Å². The summed E-state index contributed by atoms with van der Waals surface area (Å²) in [4.78, 5) is 20.7. The number of nitrogens with zero attached hydrogens (tertiary/aromatic N) is 5. The van der Waals surface area contributed by atoms with Crippen molar-refractivity contribution in [3.8, 4) is 5.69 Å². The minimum atomic E-state index is -0.396. The van der Waals surface area contributed by atoms with Crippen molar-refractivity contribution < 1.29 is 9.53 Å². The number of H-pyrrole nitrogens is 1. The number of ether oxygens (including phenoxy) is 1. The molecule has 0 fully saturated rings. The molecule has 1 aliphatic rings. The van der Waals surface area contributed by atoms with Gasteiger partial charge in [0.25, 0.3) is 0 Å². The van der Waals surface area contributed by atoms with E-state index in [0.717, 1.165) is 17.1 Å². The summed E-state index contributed by atoms with van der Waals surface area (Å²) in [6.07, 6.45) is 3.41. The Labute approximate surface area is 141 Å². The zero-order valence-electron chi connectivity index (χ0n) is 12.7. The molecule has 1 aliphatic heterocycles. The van der Waals surface area contributed by atoms with Gasteiger partial charge in [0.15, 0.2) is 5.69 Å². The van der Waals surface area contributed by atoms with Crippen LogP contribution < -0.4 is 0 Å². The maximum absolute atomic E-state index is 12.1. The highest BCUT2D eigenvalue weighted by Gasteiger charge is 2.28. The molecule has 2 aromatic heterocycles. The summed E-state index contributed by atoms with van der Waals surface area (Å²) in [5, 5.41) is 7.73. The SMILES string of the molecule is CCOC(=O)c1[nH]n2c1CC(n1cncn1)=Nc1ccc(Cl)cc1-2. The minimum Gasteiger partial charge on any atom is -0.461 e. The molecule has 0 radical (unpaired) electrons. The molecule has 4 rings (SSSR count). The first kappa shape index (κ1) is 14.7. The van der Waals surface area contributed by atoms with Crippen molar-refractivity contribution in [3.63, 3.8) is 0 Å². The maximum Gasteiger partial charge on any atom is 0.358 e. The lowest BCUT2D eigenvalue weighted by Crippen LogP contribution is -2.27. The van der Waals surface area contributed by atoms with Gasteiger partial charge in [-0.05, 0) is 25.1 Å². The molecule has 0 bridgehead atoms. The van der Waals surface area contributed by atoms with Crippen LogP contribution in [-0.4, -0.2) is 43.0 Å². The number of carbonyl (C=O) groups is 1. The number of hydrogen-bond acceptors (Lipinski definition) is 5. The van der Waals surface area contributed by atoms with Crippen LogP contribution in [0.15, 0.2) is 35.8 Å². The molecule has 8 nitrogen and oxygen atoms in total. The number of carbonyl (C=O) groups excluding carboxylic acids is 1. The van der Waals surface area contributed by atoms with E-state index in [1.165, 1.54) is 6.33 Å². The Morgan fingerprint density at radius 1 is 1.46 bits per heavy atom. The molecule has 9 heteroatoms. The number of aliphatic imine (C=N–C) groups is 1. The molecule has 1 N–H and O–H groups in total. The fourth-order valence-corrected chi connectivity index (χ4v) is 2.78. The van der Waals surface area contributed by atoms with E-state index < -0.39 is 5.97 Å². The number of esters is 1. The van der Waals surface area contributed by atoms with Gasteiger partial charge in [0.1, 0.15) is 18.5 Å². The van der Waals surface area contributed by atoms with Gasteiger partial charge >= 0.3 is 5.97 Å².